The first kappa shape index (κ1) is 17.6. The summed E-state index contributed by atoms with van der Waals surface area (Å²) in [7, 11) is 1.46. The van der Waals surface area contributed by atoms with E-state index in [1.54, 1.807) is 24.3 Å². The molecule has 134 valence electrons. The van der Waals surface area contributed by atoms with Crippen molar-refractivity contribution in [2.45, 2.75) is 12.1 Å². The Morgan fingerprint density at radius 2 is 1.88 bits per heavy atom. The topological polar surface area (TPSA) is 117 Å². The molecule has 7 heteroatoms. The highest BCUT2D eigenvalue weighted by atomic mass is 16.5. The van der Waals surface area contributed by atoms with Crippen molar-refractivity contribution in [1.29, 1.82) is 5.41 Å². The molecule has 26 heavy (non-hydrogen) atoms. The monoisotopic (exact) mass is 353 g/mol. The number of amidine groups is 1. The van der Waals surface area contributed by atoms with Crippen LogP contribution in [0.1, 0.15) is 33.0 Å². The summed E-state index contributed by atoms with van der Waals surface area (Å²) in [4.78, 5) is 25.3. The van der Waals surface area contributed by atoms with Gasteiger partial charge < -0.3 is 20.5 Å². The summed E-state index contributed by atoms with van der Waals surface area (Å²) in [5, 5.41) is 16.7. The van der Waals surface area contributed by atoms with Crippen LogP contribution >= 0.6 is 0 Å². The quantitative estimate of drug-likeness (QED) is 0.558. The lowest BCUT2D eigenvalue weighted by Crippen LogP contribution is -2.51. The average molecular weight is 353 g/mol. The first-order valence-electron chi connectivity index (χ1n) is 8.03. The third-order valence-corrected chi connectivity index (χ3v) is 4.51. The van der Waals surface area contributed by atoms with Gasteiger partial charge in [0.15, 0.2) is 0 Å². The van der Waals surface area contributed by atoms with E-state index >= 15 is 0 Å². The number of carboxylic acid groups (broad SMARTS) is 1. The molecule has 1 amide bonds. The lowest BCUT2D eigenvalue weighted by molar-refractivity contribution is -0.141. The SMILES string of the molecule is COC1C(c2ccc(C(=N)N)cc2)c2ccccc2C(=O)N1CC(=O)O. The Labute approximate surface area is 150 Å². The number of fused-ring (bicyclic) bond motifs is 1. The van der Waals surface area contributed by atoms with Crippen LogP contribution in [0.25, 0.3) is 0 Å². The van der Waals surface area contributed by atoms with Crippen molar-refractivity contribution in [3.8, 4) is 0 Å². The summed E-state index contributed by atoms with van der Waals surface area (Å²) < 4.78 is 5.55. The Morgan fingerprint density at radius 1 is 1.23 bits per heavy atom. The highest BCUT2D eigenvalue weighted by Crippen LogP contribution is 2.38. The van der Waals surface area contributed by atoms with Crippen LogP contribution in [0.3, 0.4) is 0 Å². The smallest absolute Gasteiger partial charge is 0.323 e. The summed E-state index contributed by atoms with van der Waals surface area (Å²) in [6, 6.07) is 14.2. The number of nitrogens with one attached hydrogen (secondary N) is 1. The molecule has 1 aliphatic heterocycles. The van der Waals surface area contributed by atoms with Crippen molar-refractivity contribution in [2.24, 2.45) is 5.73 Å². The van der Waals surface area contributed by atoms with Crippen molar-refractivity contribution in [3.63, 3.8) is 0 Å². The Balaban J connectivity index is 2.13. The largest absolute Gasteiger partial charge is 0.480 e. The van der Waals surface area contributed by atoms with E-state index < -0.39 is 18.7 Å². The Bertz CT molecular complexity index is 863. The molecule has 1 aliphatic rings. The number of carbonyl (C=O) groups excluding carboxylic acids is 1. The molecular weight excluding hydrogens is 334 g/mol. The van der Waals surface area contributed by atoms with Crippen molar-refractivity contribution in [3.05, 3.63) is 70.8 Å². The number of nitrogens with two attached hydrogens (primary N) is 1. The third-order valence-electron chi connectivity index (χ3n) is 4.51. The number of aliphatic carboxylic acids is 1. The number of ether oxygens (including phenoxy) is 1. The van der Waals surface area contributed by atoms with Crippen molar-refractivity contribution >= 4 is 17.7 Å². The molecule has 0 bridgehead atoms. The van der Waals surface area contributed by atoms with Crippen LogP contribution in [0.5, 0.6) is 0 Å². The van der Waals surface area contributed by atoms with Gasteiger partial charge in [0, 0.05) is 18.2 Å². The highest BCUT2D eigenvalue weighted by molar-refractivity contribution is 5.99. The zero-order valence-electron chi connectivity index (χ0n) is 14.2. The molecule has 0 aromatic heterocycles. The van der Waals surface area contributed by atoms with Gasteiger partial charge >= 0.3 is 5.97 Å². The van der Waals surface area contributed by atoms with Gasteiger partial charge in [-0.3, -0.25) is 15.0 Å². The summed E-state index contributed by atoms with van der Waals surface area (Å²) in [5.41, 5.74) is 8.18. The molecule has 0 aliphatic carbocycles. The number of hydrogen-bond acceptors (Lipinski definition) is 4. The molecule has 1 heterocycles. The number of rotatable bonds is 5. The van der Waals surface area contributed by atoms with Crippen LogP contribution in [-0.2, 0) is 9.53 Å². The zero-order chi connectivity index (χ0) is 18.8. The van der Waals surface area contributed by atoms with Gasteiger partial charge in [-0.25, -0.2) is 0 Å². The fraction of sp³-hybridized carbons (Fsp3) is 0.211. The molecule has 0 saturated heterocycles. The van der Waals surface area contributed by atoms with Crippen LogP contribution in [-0.4, -0.2) is 47.6 Å². The number of methoxy groups -OCH3 is 1. The molecule has 2 atom stereocenters. The maximum atomic E-state index is 12.8. The van der Waals surface area contributed by atoms with Crippen molar-refractivity contribution in [1.82, 2.24) is 4.90 Å². The fourth-order valence-electron chi connectivity index (χ4n) is 3.35. The Morgan fingerprint density at radius 3 is 2.46 bits per heavy atom. The summed E-state index contributed by atoms with van der Waals surface area (Å²) >= 11 is 0. The fourth-order valence-corrected chi connectivity index (χ4v) is 3.35. The summed E-state index contributed by atoms with van der Waals surface area (Å²) in [6.07, 6.45) is -0.753. The van der Waals surface area contributed by atoms with E-state index in [4.69, 9.17) is 15.9 Å². The summed E-state index contributed by atoms with van der Waals surface area (Å²) in [6.45, 7) is -0.451. The minimum Gasteiger partial charge on any atom is -0.480 e. The van der Waals surface area contributed by atoms with E-state index in [9.17, 15) is 14.7 Å². The summed E-state index contributed by atoms with van der Waals surface area (Å²) in [5.74, 6) is -1.86. The molecule has 2 unspecified atom stereocenters. The maximum Gasteiger partial charge on any atom is 0.323 e. The van der Waals surface area contributed by atoms with E-state index in [-0.39, 0.29) is 17.7 Å². The van der Waals surface area contributed by atoms with E-state index in [1.165, 1.54) is 12.0 Å². The molecule has 2 aromatic carbocycles. The van der Waals surface area contributed by atoms with E-state index in [1.807, 2.05) is 24.3 Å². The zero-order valence-corrected chi connectivity index (χ0v) is 14.2. The lowest BCUT2D eigenvalue weighted by Gasteiger charge is -2.40. The van der Waals surface area contributed by atoms with E-state index in [2.05, 4.69) is 0 Å². The van der Waals surface area contributed by atoms with Gasteiger partial charge in [-0.2, -0.15) is 0 Å². The molecule has 4 N–H and O–H groups in total. The predicted molar refractivity (Wildman–Crippen MR) is 95.2 cm³/mol. The average Bonchev–Trinajstić information content (AvgIpc) is 2.63. The van der Waals surface area contributed by atoms with Crippen LogP contribution in [0.15, 0.2) is 48.5 Å². The maximum absolute atomic E-state index is 12.8. The molecule has 2 aromatic rings. The van der Waals surface area contributed by atoms with Crippen LogP contribution in [0.2, 0.25) is 0 Å². The second kappa shape index (κ2) is 6.97. The molecule has 7 nitrogen and oxygen atoms in total. The molecule has 0 saturated carbocycles. The van der Waals surface area contributed by atoms with Gasteiger partial charge in [-0.1, -0.05) is 42.5 Å². The predicted octanol–water partition coefficient (Wildman–Crippen LogP) is 1.62. The molecule has 0 fully saturated rings. The van der Waals surface area contributed by atoms with Crippen molar-refractivity contribution in [2.75, 3.05) is 13.7 Å². The molecule has 0 radical (unpaired) electrons. The van der Waals surface area contributed by atoms with Gasteiger partial charge in [0.05, 0.1) is 5.92 Å². The minimum atomic E-state index is -1.11. The lowest BCUT2D eigenvalue weighted by atomic mass is 9.82. The Hall–Kier alpha value is -3.19. The second-order valence-electron chi connectivity index (χ2n) is 6.05. The number of carboxylic acids is 1. The van der Waals surface area contributed by atoms with Crippen LogP contribution in [0.4, 0.5) is 0 Å². The van der Waals surface area contributed by atoms with Gasteiger partial charge in [0.1, 0.15) is 18.6 Å². The van der Waals surface area contributed by atoms with Gasteiger partial charge in [0.2, 0.25) is 0 Å². The first-order valence-corrected chi connectivity index (χ1v) is 8.03. The highest BCUT2D eigenvalue weighted by Gasteiger charge is 2.41. The number of carbonyl (C=O) groups is 2. The van der Waals surface area contributed by atoms with Gasteiger partial charge in [0.25, 0.3) is 5.91 Å². The third kappa shape index (κ3) is 3.04. The number of benzene rings is 2. The van der Waals surface area contributed by atoms with Crippen LogP contribution in [0, 0.1) is 5.41 Å². The van der Waals surface area contributed by atoms with E-state index in [0.29, 0.717) is 11.1 Å². The standard InChI is InChI=1S/C19H19N3O4/c1-26-19-16(11-6-8-12(9-7-11)17(20)21)13-4-2-3-5-14(13)18(25)22(19)10-15(23)24/h2-9,16,19H,10H2,1H3,(H3,20,21)(H,23,24). The number of nitrogen functional groups attached to an aromatic ring is 1. The second-order valence-corrected chi connectivity index (χ2v) is 6.05. The number of amides is 1. The minimum absolute atomic E-state index is 0.0356. The van der Waals surface area contributed by atoms with Gasteiger partial charge in [-0.05, 0) is 17.2 Å². The molecule has 0 spiro atoms. The number of hydrogen-bond donors (Lipinski definition) is 3. The van der Waals surface area contributed by atoms with Crippen molar-refractivity contribution < 1.29 is 19.4 Å². The van der Waals surface area contributed by atoms with Gasteiger partial charge in [-0.15, -0.1) is 0 Å². The molecular formula is C19H19N3O4. The van der Waals surface area contributed by atoms with E-state index in [0.717, 1.165) is 11.1 Å². The normalized spacial score (nSPS) is 19.1. The number of nitrogens with zero attached hydrogens (tertiary/aromatic N) is 1. The first-order chi connectivity index (χ1) is 12.4. The van der Waals surface area contributed by atoms with Crippen LogP contribution < -0.4 is 5.73 Å². The Kier molecular flexibility index (Phi) is 4.73. The molecule has 3 rings (SSSR count).